The fourth-order valence-electron chi connectivity index (χ4n) is 3.30. The Balaban J connectivity index is 2.20. The molecule has 2 atom stereocenters. The van der Waals surface area contributed by atoms with Gasteiger partial charge in [-0.3, -0.25) is 0 Å². The first kappa shape index (κ1) is 12.3. The Morgan fingerprint density at radius 3 is 2.06 bits per heavy atom. The van der Waals surface area contributed by atoms with Gasteiger partial charge < -0.3 is 4.90 Å². The van der Waals surface area contributed by atoms with Crippen molar-refractivity contribution in [1.29, 1.82) is 0 Å². The molecule has 5 heteroatoms. The second-order valence-electron chi connectivity index (χ2n) is 5.44. The van der Waals surface area contributed by atoms with Gasteiger partial charge in [0.2, 0.25) is 0 Å². The average Bonchev–Trinajstić information content (AvgIpc) is 2.13. The van der Waals surface area contributed by atoms with Gasteiger partial charge in [0.05, 0.1) is 5.25 Å². The number of likely N-dealkylation sites (tertiary alicyclic amines) is 1. The van der Waals surface area contributed by atoms with Crippen LogP contribution in [0.15, 0.2) is 0 Å². The van der Waals surface area contributed by atoms with Crippen LogP contribution in [0.4, 0.5) is 3.89 Å². The van der Waals surface area contributed by atoms with Crippen molar-refractivity contribution in [3.63, 3.8) is 0 Å². The maximum absolute atomic E-state index is 13.3. The Morgan fingerprint density at radius 2 is 1.69 bits per heavy atom. The molecule has 1 saturated heterocycles. The van der Waals surface area contributed by atoms with E-state index in [0.717, 1.165) is 32.4 Å². The minimum absolute atomic E-state index is 0.00454. The van der Waals surface area contributed by atoms with Gasteiger partial charge in [-0.1, -0.05) is 6.42 Å². The van der Waals surface area contributed by atoms with Crippen LogP contribution < -0.4 is 0 Å². The molecule has 2 bridgehead atoms. The van der Waals surface area contributed by atoms with Gasteiger partial charge in [0.1, 0.15) is 0 Å². The Morgan fingerprint density at radius 1 is 1.19 bits per heavy atom. The van der Waals surface area contributed by atoms with E-state index in [9.17, 15) is 12.3 Å². The summed E-state index contributed by atoms with van der Waals surface area (Å²) in [7, 11) is -4.36. The average molecular weight is 249 g/mol. The highest BCUT2D eigenvalue weighted by molar-refractivity contribution is 7.87. The summed E-state index contributed by atoms with van der Waals surface area (Å²) in [6.45, 7) is 5.70. The summed E-state index contributed by atoms with van der Waals surface area (Å²) in [6.07, 6.45) is 2.76. The van der Waals surface area contributed by atoms with Gasteiger partial charge in [0.25, 0.3) is 0 Å². The molecule has 1 saturated carbocycles. The van der Waals surface area contributed by atoms with Gasteiger partial charge in [-0.05, 0) is 38.5 Å². The zero-order chi connectivity index (χ0) is 11.9. The lowest BCUT2D eigenvalue weighted by molar-refractivity contribution is 0.0661. The fraction of sp³-hybridized carbons (Fsp3) is 1.00. The molecule has 0 amide bonds. The quantitative estimate of drug-likeness (QED) is 0.700. The van der Waals surface area contributed by atoms with E-state index in [4.69, 9.17) is 0 Å². The standard InChI is InChI=1S/C11H20FNO2S/c1-8(2)13-6-9-4-3-5-10(7-13)11(9)16(12,14)15/h8-11H,3-7H2,1-2H3. The number of halogens is 1. The Labute approximate surface area is 97.2 Å². The first-order valence-electron chi connectivity index (χ1n) is 6.07. The van der Waals surface area contributed by atoms with Crippen molar-refractivity contribution in [3.8, 4) is 0 Å². The smallest absolute Gasteiger partial charge is 0.300 e. The minimum atomic E-state index is -4.36. The number of fused-ring (bicyclic) bond motifs is 2. The third kappa shape index (κ3) is 2.25. The Hall–Kier alpha value is -0.160. The van der Waals surface area contributed by atoms with E-state index < -0.39 is 15.5 Å². The zero-order valence-corrected chi connectivity index (χ0v) is 10.7. The van der Waals surface area contributed by atoms with Gasteiger partial charge in [-0.15, -0.1) is 3.89 Å². The highest BCUT2D eigenvalue weighted by Crippen LogP contribution is 2.39. The molecule has 2 unspecified atom stereocenters. The molecule has 0 aromatic rings. The number of hydrogen-bond donors (Lipinski definition) is 0. The van der Waals surface area contributed by atoms with Crippen LogP contribution in [-0.4, -0.2) is 37.7 Å². The molecule has 2 fully saturated rings. The van der Waals surface area contributed by atoms with Crippen molar-refractivity contribution in [1.82, 2.24) is 4.90 Å². The predicted molar refractivity (Wildman–Crippen MR) is 61.4 cm³/mol. The summed E-state index contributed by atoms with van der Waals surface area (Å²) >= 11 is 0. The monoisotopic (exact) mass is 249 g/mol. The van der Waals surface area contributed by atoms with Crippen molar-refractivity contribution in [2.45, 2.75) is 44.4 Å². The number of piperidine rings is 1. The van der Waals surface area contributed by atoms with Gasteiger partial charge in [-0.25, -0.2) is 0 Å². The molecule has 0 aromatic carbocycles. The molecule has 2 aliphatic rings. The maximum atomic E-state index is 13.3. The van der Waals surface area contributed by atoms with E-state index in [2.05, 4.69) is 18.7 Å². The Kier molecular flexibility index (Phi) is 3.27. The summed E-state index contributed by atoms with van der Waals surface area (Å²) in [4.78, 5) is 2.29. The van der Waals surface area contributed by atoms with E-state index in [1.807, 2.05) is 0 Å². The van der Waals surface area contributed by atoms with Crippen molar-refractivity contribution >= 4 is 10.2 Å². The van der Waals surface area contributed by atoms with E-state index >= 15 is 0 Å². The summed E-state index contributed by atoms with van der Waals surface area (Å²) in [6, 6.07) is 0.423. The van der Waals surface area contributed by atoms with E-state index in [0.29, 0.717) is 6.04 Å². The molecular formula is C11H20FNO2S. The predicted octanol–water partition coefficient (Wildman–Crippen LogP) is 1.79. The second kappa shape index (κ2) is 4.26. The molecule has 1 aliphatic carbocycles. The molecule has 0 radical (unpaired) electrons. The van der Waals surface area contributed by atoms with Crippen molar-refractivity contribution < 1.29 is 12.3 Å². The van der Waals surface area contributed by atoms with Gasteiger partial charge >= 0.3 is 10.2 Å². The first-order valence-corrected chi connectivity index (χ1v) is 7.52. The van der Waals surface area contributed by atoms with Crippen LogP contribution in [0.5, 0.6) is 0 Å². The third-order valence-electron chi connectivity index (χ3n) is 4.07. The highest BCUT2D eigenvalue weighted by Gasteiger charge is 2.47. The van der Waals surface area contributed by atoms with E-state index in [1.165, 1.54) is 0 Å². The summed E-state index contributed by atoms with van der Waals surface area (Å²) < 4.78 is 35.7. The van der Waals surface area contributed by atoms with Crippen LogP contribution >= 0.6 is 0 Å². The maximum Gasteiger partial charge on any atom is 0.305 e. The lowest BCUT2D eigenvalue weighted by atomic mass is 9.77. The number of hydrogen-bond acceptors (Lipinski definition) is 3. The van der Waals surface area contributed by atoms with Crippen LogP contribution in [0.3, 0.4) is 0 Å². The van der Waals surface area contributed by atoms with Crippen molar-refractivity contribution in [3.05, 3.63) is 0 Å². The normalized spacial score (nSPS) is 36.6. The van der Waals surface area contributed by atoms with Gasteiger partial charge in [0, 0.05) is 19.1 Å². The molecule has 94 valence electrons. The molecule has 2 rings (SSSR count). The fourth-order valence-corrected chi connectivity index (χ4v) is 4.67. The van der Waals surface area contributed by atoms with Crippen LogP contribution in [0.25, 0.3) is 0 Å². The van der Waals surface area contributed by atoms with Crippen LogP contribution in [0.2, 0.25) is 0 Å². The lowest BCUT2D eigenvalue weighted by Crippen LogP contribution is -2.55. The molecule has 1 heterocycles. The van der Waals surface area contributed by atoms with Crippen LogP contribution in [0.1, 0.15) is 33.1 Å². The SMILES string of the molecule is CC(C)N1CC2CCCC(C1)C2S(=O)(=O)F. The van der Waals surface area contributed by atoms with Gasteiger partial charge in [0.15, 0.2) is 0 Å². The molecular weight excluding hydrogens is 229 g/mol. The molecule has 3 nitrogen and oxygen atoms in total. The largest absolute Gasteiger partial charge is 0.305 e. The molecule has 0 N–H and O–H groups in total. The number of rotatable bonds is 2. The van der Waals surface area contributed by atoms with E-state index in [1.54, 1.807) is 0 Å². The van der Waals surface area contributed by atoms with Crippen LogP contribution in [-0.2, 0) is 10.2 Å². The number of nitrogens with zero attached hydrogens (tertiary/aromatic N) is 1. The van der Waals surface area contributed by atoms with Crippen molar-refractivity contribution in [2.75, 3.05) is 13.1 Å². The zero-order valence-electron chi connectivity index (χ0n) is 9.89. The summed E-state index contributed by atoms with van der Waals surface area (Å²) in [5.41, 5.74) is 0. The second-order valence-corrected chi connectivity index (χ2v) is 6.93. The minimum Gasteiger partial charge on any atom is -0.300 e. The topological polar surface area (TPSA) is 37.4 Å². The third-order valence-corrected chi connectivity index (χ3v) is 5.49. The summed E-state index contributed by atoms with van der Waals surface area (Å²) in [5, 5.41) is -0.726. The van der Waals surface area contributed by atoms with Gasteiger partial charge in [-0.2, -0.15) is 8.42 Å². The highest BCUT2D eigenvalue weighted by atomic mass is 32.3. The molecule has 1 aliphatic heterocycles. The summed E-state index contributed by atoms with van der Waals surface area (Å²) in [5.74, 6) is 0.00907. The first-order chi connectivity index (χ1) is 7.39. The molecule has 0 spiro atoms. The molecule has 16 heavy (non-hydrogen) atoms. The van der Waals surface area contributed by atoms with Crippen molar-refractivity contribution in [2.24, 2.45) is 11.8 Å². The van der Waals surface area contributed by atoms with E-state index in [-0.39, 0.29) is 11.8 Å². The molecule has 0 aromatic heterocycles. The lowest BCUT2D eigenvalue weighted by Gasteiger charge is -2.46. The Bertz CT molecular complexity index is 341. The van der Waals surface area contributed by atoms with Crippen LogP contribution in [0, 0.1) is 11.8 Å².